The van der Waals surface area contributed by atoms with Crippen molar-refractivity contribution in [2.75, 3.05) is 13.2 Å². The fraction of sp³-hybridized carbons (Fsp3) is 0.467. The van der Waals surface area contributed by atoms with E-state index in [0.29, 0.717) is 24.0 Å². The van der Waals surface area contributed by atoms with Crippen LogP contribution in [0.15, 0.2) is 47.9 Å². The molecule has 0 radical (unpaired) electrons. The van der Waals surface area contributed by atoms with Gasteiger partial charge < -0.3 is 4.74 Å². The van der Waals surface area contributed by atoms with Crippen molar-refractivity contribution in [3.8, 4) is 0 Å². The highest BCUT2D eigenvalue weighted by atomic mass is 32.2. The maximum atomic E-state index is 12.7. The fourth-order valence-corrected chi connectivity index (χ4v) is 5.07. The normalized spacial score (nSPS) is 29.7. The van der Waals surface area contributed by atoms with Gasteiger partial charge in [0.15, 0.2) is 0 Å². The van der Waals surface area contributed by atoms with Crippen LogP contribution in [-0.2, 0) is 14.8 Å². The van der Waals surface area contributed by atoms with E-state index >= 15 is 0 Å². The van der Waals surface area contributed by atoms with Crippen LogP contribution >= 0.6 is 0 Å². The standard InChI is InChI=1S/C15H19NO3S/c1-2-10-19-15-12-8-9-14(15)16(11-12)20(17,18)13-6-4-3-5-7-13/h2-7,12,14-15H,1,8-11H2/t12-,14+,15-/m0/s1. The maximum Gasteiger partial charge on any atom is 0.243 e. The highest BCUT2D eigenvalue weighted by molar-refractivity contribution is 7.89. The van der Waals surface area contributed by atoms with Gasteiger partial charge in [0.1, 0.15) is 0 Å². The molecule has 3 atom stereocenters. The van der Waals surface area contributed by atoms with E-state index in [2.05, 4.69) is 6.58 Å². The Labute approximate surface area is 120 Å². The SMILES string of the molecule is C=CCO[C@H]1[C@H]2CC[C@H]1N(S(=O)(=O)c1ccccc1)C2. The zero-order valence-corrected chi connectivity index (χ0v) is 12.1. The summed E-state index contributed by atoms with van der Waals surface area (Å²) < 4.78 is 32.8. The number of hydrogen-bond acceptors (Lipinski definition) is 3. The summed E-state index contributed by atoms with van der Waals surface area (Å²) in [7, 11) is -3.40. The Morgan fingerprint density at radius 1 is 1.30 bits per heavy atom. The van der Waals surface area contributed by atoms with E-state index < -0.39 is 10.0 Å². The van der Waals surface area contributed by atoms with Crippen molar-refractivity contribution in [2.45, 2.75) is 29.9 Å². The molecule has 1 saturated heterocycles. The van der Waals surface area contributed by atoms with E-state index in [1.165, 1.54) is 0 Å². The molecular weight excluding hydrogens is 274 g/mol. The Kier molecular flexibility index (Phi) is 3.67. The van der Waals surface area contributed by atoms with Crippen LogP contribution in [0.3, 0.4) is 0 Å². The minimum absolute atomic E-state index is 0.0199. The smallest absolute Gasteiger partial charge is 0.243 e. The number of ether oxygens (including phenoxy) is 1. The first-order chi connectivity index (χ1) is 9.64. The van der Waals surface area contributed by atoms with E-state index in [1.807, 2.05) is 6.07 Å². The minimum atomic E-state index is -3.40. The maximum absolute atomic E-state index is 12.7. The number of benzene rings is 1. The highest BCUT2D eigenvalue weighted by Crippen LogP contribution is 2.42. The number of nitrogens with zero attached hydrogens (tertiary/aromatic N) is 1. The van der Waals surface area contributed by atoms with Crippen molar-refractivity contribution in [2.24, 2.45) is 5.92 Å². The molecular formula is C15H19NO3S. The molecule has 1 heterocycles. The Hall–Kier alpha value is -1.17. The van der Waals surface area contributed by atoms with E-state index in [0.717, 1.165) is 12.8 Å². The lowest BCUT2D eigenvalue weighted by atomic mass is 10.1. The van der Waals surface area contributed by atoms with Gasteiger partial charge in [-0.15, -0.1) is 6.58 Å². The fourth-order valence-electron chi connectivity index (χ4n) is 3.33. The molecule has 20 heavy (non-hydrogen) atoms. The molecule has 1 aromatic carbocycles. The van der Waals surface area contributed by atoms with Crippen LogP contribution in [0.25, 0.3) is 0 Å². The topological polar surface area (TPSA) is 46.6 Å². The monoisotopic (exact) mass is 293 g/mol. The molecule has 108 valence electrons. The third-order valence-corrected chi connectivity index (χ3v) is 6.12. The molecule has 2 aliphatic rings. The molecule has 1 aliphatic carbocycles. The molecule has 4 nitrogen and oxygen atoms in total. The van der Waals surface area contributed by atoms with Crippen molar-refractivity contribution in [3.63, 3.8) is 0 Å². The number of rotatable bonds is 5. The van der Waals surface area contributed by atoms with Gasteiger partial charge in [-0.25, -0.2) is 8.42 Å². The zero-order valence-electron chi connectivity index (χ0n) is 11.3. The largest absolute Gasteiger partial charge is 0.372 e. The molecule has 0 unspecified atom stereocenters. The van der Waals surface area contributed by atoms with Gasteiger partial charge in [0, 0.05) is 12.5 Å². The summed E-state index contributed by atoms with van der Waals surface area (Å²) in [5.74, 6) is 0.318. The molecule has 1 aromatic rings. The van der Waals surface area contributed by atoms with Crippen molar-refractivity contribution in [1.29, 1.82) is 0 Å². The van der Waals surface area contributed by atoms with Crippen molar-refractivity contribution >= 4 is 10.0 Å². The predicted octanol–water partition coefficient (Wildman–Crippen LogP) is 2.04. The third kappa shape index (κ3) is 2.20. The van der Waals surface area contributed by atoms with Gasteiger partial charge in [-0.05, 0) is 25.0 Å². The number of fused-ring (bicyclic) bond motifs is 2. The minimum Gasteiger partial charge on any atom is -0.372 e. The van der Waals surface area contributed by atoms with Gasteiger partial charge in [-0.1, -0.05) is 24.3 Å². The lowest BCUT2D eigenvalue weighted by Crippen LogP contribution is -2.39. The molecule has 5 heteroatoms. The van der Waals surface area contributed by atoms with Crippen LogP contribution in [-0.4, -0.2) is 38.0 Å². The zero-order chi connectivity index (χ0) is 14.2. The summed E-state index contributed by atoms with van der Waals surface area (Å²) in [6.07, 6.45) is 3.67. The lowest BCUT2D eigenvalue weighted by Gasteiger charge is -2.26. The Morgan fingerprint density at radius 2 is 2.05 bits per heavy atom. The molecule has 1 saturated carbocycles. The molecule has 2 fully saturated rings. The summed E-state index contributed by atoms with van der Waals surface area (Å²) >= 11 is 0. The molecule has 0 aromatic heterocycles. The predicted molar refractivity (Wildman–Crippen MR) is 76.8 cm³/mol. The molecule has 1 aliphatic heterocycles. The van der Waals surface area contributed by atoms with Gasteiger partial charge in [-0.2, -0.15) is 4.31 Å². The molecule has 2 bridgehead atoms. The van der Waals surface area contributed by atoms with Crippen LogP contribution in [0.5, 0.6) is 0 Å². The summed E-state index contributed by atoms with van der Waals surface area (Å²) in [6.45, 7) is 4.71. The molecule has 0 amide bonds. The van der Waals surface area contributed by atoms with Crippen LogP contribution in [0.4, 0.5) is 0 Å². The Morgan fingerprint density at radius 3 is 2.75 bits per heavy atom. The Bertz CT molecular complexity index is 584. The Balaban J connectivity index is 1.84. The van der Waals surface area contributed by atoms with E-state index in [4.69, 9.17) is 4.74 Å². The molecule has 0 spiro atoms. The van der Waals surface area contributed by atoms with Crippen molar-refractivity contribution in [3.05, 3.63) is 43.0 Å². The number of hydrogen-bond donors (Lipinski definition) is 0. The molecule has 0 N–H and O–H groups in total. The van der Waals surface area contributed by atoms with Gasteiger partial charge in [-0.3, -0.25) is 0 Å². The average molecular weight is 293 g/mol. The highest BCUT2D eigenvalue weighted by Gasteiger charge is 2.52. The van der Waals surface area contributed by atoms with Gasteiger partial charge in [0.05, 0.1) is 23.6 Å². The first kappa shape index (κ1) is 13.8. The second-order valence-electron chi connectivity index (χ2n) is 5.38. The second-order valence-corrected chi connectivity index (χ2v) is 7.27. The number of sulfonamides is 1. The van der Waals surface area contributed by atoms with Gasteiger partial charge in [0.25, 0.3) is 0 Å². The van der Waals surface area contributed by atoms with Gasteiger partial charge >= 0.3 is 0 Å². The summed E-state index contributed by atoms with van der Waals surface area (Å²) in [4.78, 5) is 0.370. The average Bonchev–Trinajstić information content (AvgIpc) is 3.03. The van der Waals surface area contributed by atoms with E-state index in [9.17, 15) is 8.42 Å². The van der Waals surface area contributed by atoms with Crippen LogP contribution < -0.4 is 0 Å². The third-order valence-electron chi connectivity index (χ3n) is 4.22. The summed E-state index contributed by atoms with van der Waals surface area (Å²) in [6, 6.07) is 8.62. The molecule has 3 rings (SSSR count). The first-order valence-corrected chi connectivity index (χ1v) is 8.38. The second kappa shape index (κ2) is 5.31. The lowest BCUT2D eigenvalue weighted by molar-refractivity contribution is 0.0529. The van der Waals surface area contributed by atoms with Crippen LogP contribution in [0.1, 0.15) is 12.8 Å². The summed E-state index contributed by atoms with van der Waals surface area (Å²) in [5.41, 5.74) is 0. The van der Waals surface area contributed by atoms with Crippen molar-refractivity contribution in [1.82, 2.24) is 4.31 Å². The van der Waals surface area contributed by atoms with Crippen LogP contribution in [0.2, 0.25) is 0 Å². The van der Waals surface area contributed by atoms with E-state index in [-0.39, 0.29) is 12.1 Å². The van der Waals surface area contributed by atoms with E-state index in [1.54, 1.807) is 34.6 Å². The van der Waals surface area contributed by atoms with Crippen LogP contribution in [0, 0.1) is 5.92 Å². The van der Waals surface area contributed by atoms with Gasteiger partial charge in [0.2, 0.25) is 10.0 Å². The number of piperidine rings is 1. The van der Waals surface area contributed by atoms with Crippen molar-refractivity contribution < 1.29 is 13.2 Å². The quantitative estimate of drug-likeness (QED) is 0.781. The first-order valence-electron chi connectivity index (χ1n) is 6.94. The summed E-state index contributed by atoms with van der Waals surface area (Å²) in [5, 5.41) is 0.